The van der Waals surface area contributed by atoms with Gasteiger partial charge in [0.15, 0.2) is 5.60 Å². The summed E-state index contributed by atoms with van der Waals surface area (Å²) in [5.74, 6) is -10.9. The lowest BCUT2D eigenvalue weighted by molar-refractivity contribution is -0.346. The van der Waals surface area contributed by atoms with Gasteiger partial charge in [0.05, 0.1) is 36.2 Å². The van der Waals surface area contributed by atoms with Gasteiger partial charge in [-0.2, -0.15) is 0 Å². The van der Waals surface area contributed by atoms with E-state index in [0.29, 0.717) is 41.5 Å². The van der Waals surface area contributed by atoms with Gasteiger partial charge in [0.2, 0.25) is 29.7 Å². The quantitative estimate of drug-likeness (QED) is 0.0214. The fraction of sp³-hybridized carbons (Fsp3) is 0.529. The lowest BCUT2D eigenvalue weighted by Gasteiger charge is -2.68. The van der Waals surface area contributed by atoms with Crippen LogP contribution in [0.5, 0.6) is 0 Å². The lowest BCUT2D eigenvalue weighted by Crippen LogP contribution is -2.81. The first-order chi connectivity index (χ1) is 44.1. The van der Waals surface area contributed by atoms with Crippen LogP contribution < -0.4 is 21.3 Å². The molecule has 3 aromatic carbocycles. The SMILES string of the molecule is CO[C@H]1C[C@H]2OC[C@@]2(OC(C)=O)[C@H]2[C@H](OC(=O)c3ccccc3)[C@]3(O)C[C@H](OC(=O)[C@H](OC(=O)CNC(=O)[C@H](CC(C)C)NC(=O)[C@H](Cc4ccccc4)NC(=O)CNC(=O)CCCCCN4C(=O)C=CC4=O)[C@@H](C)c4ccccc4)C(C)=C([C@@H](C)C(=O)[C@]12C)C3(C)C. The van der Waals surface area contributed by atoms with E-state index >= 15 is 9.59 Å². The van der Waals surface area contributed by atoms with Crippen molar-refractivity contribution in [2.75, 3.05) is 33.4 Å². The highest BCUT2D eigenvalue weighted by Crippen LogP contribution is 2.65. The summed E-state index contributed by atoms with van der Waals surface area (Å²) in [5.41, 5.74) is -4.76. The predicted molar refractivity (Wildman–Crippen MR) is 336 cm³/mol. The van der Waals surface area contributed by atoms with E-state index in [1.54, 1.807) is 120 Å². The average Bonchev–Trinajstić information content (AvgIpc) is 0.856. The van der Waals surface area contributed by atoms with Gasteiger partial charge in [0.1, 0.15) is 48.3 Å². The van der Waals surface area contributed by atoms with Crippen molar-refractivity contribution >= 4 is 65.1 Å². The van der Waals surface area contributed by atoms with Crippen molar-refractivity contribution in [3.63, 3.8) is 0 Å². The van der Waals surface area contributed by atoms with Crippen LogP contribution in [0.2, 0.25) is 0 Å². The second-order valence-corrected chi connectivity index (χ2v) is 26.2. The normalized spacial score (nSPS) is 26.5. The third-order valence-electron chi connectivity index (χ3n) is 19.3. The van der Waals surface area contributed by atoms with Crippen molar-refractivity contribution in [3.05, 3.63) is 131 Å². The van der Waals surface area contributed by atoms with Crippen LogP contribution in [0.15, 0.2) is 114 Å². The Morgan fingerprint density at radius 2 is 1.40 bits per heavy atom. The summed E-state index contributed by atoms with van der Waals surface area (Å²) >= 11 is 0. The first kappa shape index (κ1) is 70.5. The molecule has 2 aliphatic heterocycles. The van der Waals surface area contributed by atoms with Gasteiger partial charge in [-0.1, -0.05) is 127 Å². The van der Waals surface area contributed by atoms with Crippen molar-refractivity contribution in [3.8, 4) is 0 Å². The minimum atomic E-state index is -2.24. The van der Waals surface area contributed by atoms with Crippen LogP contribution in [0.4, 0.5) is 0 Å². The van der Waals surface area contributed by atoms with Gasteiger partial charge in [0, 0.05) is 75.7 Å². The maximum Gasteiger partial charge on any atom is 0.348 e. The number of carbonyl (C=O) groups is 11. The first-order valence-corrected chi connectivity index (χ1v) is 31.8. The molecule has 3 fully saturated rings. The molecule has 8 rings (SSSR count). The van der Waals surface area contributed by atoms with Crippen molar-refractivity contribution in [2.45, 2.75) is 173 Å². The fourth-order valence-corrected chi connectivity index (χ4v) is 14.5. The molecule has 3 aromatic rings. The molecule has 2 heterocycles. The topological polar surface area (TPSA) is 315 Å². The van der Waals surface area contributed by atoms with E-state index in [4.69, 9.17) is 28.4 Å². The lowest BCUT2D eigenvalue weighted by atomic mass is 9.43. The fourth-order valence-electron chi connectivity index (χ4n) is 14.5. The molecule has 2 bridgehead atoms. The largest absolute Gasteiger partial charge is 0.455 e. The minimum Gasteiger partial charge on any atom is -0.455 e. The molecule has 3 aliphatic carbocycles. The summed E-state index contributed by atoms with van der Waals surface area (Å²) in [4.78, 5) is 152. The molecule has 500 valence electrons. The number of carbonyl (C=O) groups excluding carboxylic acids is 11. The maximum absolute atomic E-state index is 15.8. The summed E-state index contributed by atoms with van der Waals surface area (Å²) in [6, 6.07) is 23.0. The van der Waals surface area contributed by atoms with E-state index in [9.17, 15) is 48.3 Å². The number of imide groups is 1. The van der Waals surface area contributed by atoms with Crippen LogP contribution >= 0.6 is 0 Å². The van der Waals surface area contributed by atoms with E-state index in [0.717, 1.165) is 4.90 Å². The monoisotopic (exact) mass is 1290 g/mol. The smallest absolute Gasteiger partial charge is 0.348 e. The standard InChI is InChI=1S/C70H87N5O18/c1-40(2)33-48(74-64(84)49(34-45-23-15-11-16-24-45)73-54(78)37-71-53(77)29-21-14-22-32-75-55(79)30-31-56(75)80)63(83)72-38-57(81)91-59(41(3)46-25-17-12-18-26-46)66(86)90-50-36-70(87)62(92-65(85)47-27-19-13-20-28-47)60-68(9,61(82)43(5)58(42(50)4)67(70,7)8)51(88-10)35-52-69(60,39-89-52)93-44(6)76/h11-13,15-20,23-28,30-31,40-41,43,48-52,59-60,62,87H,14,21-22,29,32-39H2,1-10H3,(H,71,77)(H,72,83)(H,73,78)(H,74,84)/t41-,43+,48-,49-,50-,51-,52+,59+,60-,62-,68+,69-,70+/m0/s1. The second-order valence-electron chi connectivity index (χ2n) is 26.2. The minimum absolute atomic E-state index is 0.00128. The molecule has 0 radical (unpaired) electrons. The third kappa shape index (κ3) is 15.2. The highest BCUT2D eigenvalue weighted by atomic mass is 16.6. The van der Waals surface area contributed by atoms with Crippen molar-refractivity contribution in [1.29, 1.82) is 0 Å². The number of ketones is 1. The number of hydrogen-bond donors (Lipinski definition) is 5. The van der Waals surface area contributed by atoms with E-state index < -0.39 is 149 Å². The highest BCUT2D eigenvalue weighted by molar-refractivity contribution is 6.12. The molecule has 23 nitrogen and oxygen atoms in total. The Bertz CT molecular complexity index is 3350. The van der Waals surface area contributed by atoms with Crippen LogP contribution in [-0.2, 0) is 82.8 Å². The number of aliphatic hydroxyl groups is 1. The summed E-state index contributed by atoms with van der Waals surface area (Å²) in [5, 5.41) is 24.6. The Labute approximate surface area is 541 Å². The summed E-state index contributed by atoms with van der Waals surface area (Å²) < 4.78 is 37.6. The summed E-state index contributed by atoms with van der Waals surface area (Å²) in [7, 11) is 1.45. The number of nitrogens with one attached hydrogen (secondary N) is 4. The molecule has 2 saturated carbocycles. The zero-order chi connectivity index (χ0) is 67.7. The molecule has 23 heteroatoms. The van der Waals surface area contributed by atoms with Gasteiger partial charge in [0.25, 0.3) is 11.8 Å². The molecule has 0 spiro atoms. The molecule has 5 aliphatic rings. The van der Waals surface area contributed by atoms with Gasteiger partial charge >= 0.3 is 23.9 Å². The number of hydrogen-bond acceptors (Lipinski definition) is 18. The number of nitrogens with zero attached hydrogens (tertiary/aromatic N) is 1. The zero-order valence-electron chi connectivity index (χ0n) is 54.5. The number of esters is 4. The molecule has 5 N–H and O–H groups in total. The number of rotatable bonds is 27. The van der Waals surface area contributed by atoms with Gasteiger partial charge in [-0.05, 0) is 73.4 Å². The zero-order valence-corrected chi connectivity index (χ0v) is 54.5. The predicted octanol–water partition coefficient (Wildman–Crippen LogP) is 5.25. The van der Waals surface area contributed by atoms with Gasteiger partial charge in [-0.3, -0.25) is 48.1 Å². The van der Waals surface area contributed by atoms with Crippen LogP contribution in [0.25, 0.3) is 0 Å². The highest BCUT2D eigenvalue weighted by Gasteiger charge is 2.78. The first-order valence-electron chi connectivity index (χ1n) is 31.8. The Morgan fingerprint density at radius 1 is 0.763 bits per heavy atom. The van der Waals surface area contributed by atoms with E-state index in [1.165, 1.54) is 38.3 Å². The van der Waals surface area contributed by atoms with Crippen LogP contribution in [0, 0.1) is 28.6 Å². The number of unbranched alkanes of at least 4 members (excludes halogenated alkanes) is 2. The Kier molecular flexibility index (Phi) is 22.5. The number of Topliss-reactive ketones (excluding diaryl/α,β-unsaturated/α-hetero) is 1. The summed E-state index contributed by atoms with van der Waals surface area (Å²) in [6.45, 7) is 13.8. The number of amides is 6. The number of benzene rings is 3. The third-order valence-corrected chi connectivity index (χ3v) is 19.3. The van der Waals surface area contributed by atoms with Crippen LogP contribution in [-0.4, -0.2) is 162 Å². The van der Waals surface area contributed by atoms with Gasteiger partial charge in [-0.25, -0.2) is 9.59 Å². The second kappa shape index (κ2) is 29.7. The van der Waals surface area contributed by atoms with E-state index in [-0.39, 0.29) is 67.9 Å². The van der Waals surface area contributed by atoms with Crippen molar-refractivity contribution < 1.29 is 86.3 Å². The maximum atomic E-state index is 15.8. The van der Waals surface area contributed by atoms with Crippen molar-refractivity contribution in [1.82, 2.24) is 26.2 Å². The number of ether oxygens (including phenoxy) is 6. The Balaban J connectivity index is 1.01. The molecule has 6 amide bonds. The Morgan fingerprint density at radius 3 is 2.00 bits per heavy atom. The molecule has 0 unspecified atom stereocenters. The molecule has 13 atom stereocenters. The molecule has 0 aromatic heterocycles. The van der Waals surface area contributed by atoms with Gasteiger partial charge in [-0.15, -0.1) is 0 Å². The number of fused-ring (bicyclic) bond motifs is 5. The molecular formula is C70H87N5O18. The molecular weight excluding hydrogens is 1200 g/mol. The average molecular weight is 1290 g/mol. The molecule has 93 heavy (non-hydrogen) atoms. The Hall–Kier alpha value is -8.41. The van der Waals surface area contributed by atoms with E-state index in [1.807, 2.05) is 13.8 Å². The van der Waals surface area contributed by atoms with Crippen molar-refractivity contribution in [2.24, 2.45) is 28.6 Å². The van der Waals surface area contributed by atoms with Gasteiger partial charge < -0.3 is 54.8 Å². The van der Waals surface area contributed by atoms with Crippen LogP contribution in [0.3, 0.4) is 0 Å². The van der Waals surface area contributed by atoms with Crippen LogP contribution in [0.1, 0.15) is 135 Å². The number of methoxy groups -OCH3 is 1. The summed E-state index contributed by atoms with van der Waals surface area (Å²) in [6.07, 6.45) is -2.80. The molecule has 1 saturated heterocycles. The van der Waals surface area contributed by atoms with E-state index in [2.05, 4.69) is 21.3 Å².